The Labute approximate surface area is 118 Å². The molecule has 1 saturated carbocycles. The third kappa shape index (κ3) is 3.36. The Morgan fingerprint density at radius 1 is 1.30 bits per heavy atom. The molecule has 1 aliphatic carbocycles. The molecule has 0 aliphatic heterocycles. The summed E-state index contributed by atoms with van der Waals surface area (Å²) in [4.78, 5) is 23.7. The van der Waals surface area contributed by atoms with Crippen molar-refractivity contribution in [1.29, 1.82) is 0 Å². The maximum atomic E-state index is 12.2. The molecule has 108 valence electrons. The van der Waals surface area contributed by atoms with Crippen molar-refractivity contribution in [2.45, 2.75) is 31.7 Å². The summed E-state index contributed by atoms with van der Waals surface area (Å²) in [5.74, 6) is -0.244. The minimum absolute atomic E-state index is 0.0423. The van der Waals surface area contributed by atoms with E-state index < -0.39 is 0 Å². The Morgan fingerprint density at radius 2 is 2.05 bits per heavy atom. The van der Waals surface area contributed by atoms with E-state index in [1.54, 1.807) is 7.05 Å². The summed E-state index contributed by atoms with van der Waals surface area (Å²) in [6.07, 6.45) is 2.99. The second-order valence-electron chi connectivity index (χ2n) is 5.20. The second-order valence-corrected chi connectivity index (χ2v) is 5.20. The number of nitrogens with one attached hydrogen (secondary N) is 2. The van der Waals surface area contributed by atoms with Crippen LogP contribution in [0.25, 0.3) is 0 Å². The van der Waals surface area contributed by atoms with Crippen LogP contribution in [0.4, 0.5) is 5.69 Å². The third-order valence-corrected chi connectivity index (χ3v) is 3.81. The van der Waals surface area contributed by atoms with Crippen molar-refractivity contribution in [2.24, 2.45) is 11.7 Å². The van der Waals surface area contributed by atoms with Crippen LogP contribution in [0.5, 0.6) is 0 Å². The molecule has 4 N–H and O–H groups in total. The minimum Gasteiger partial charge on any atom is -0.359 e. The van der Waals surface area contributed by atoms with E-state index in [-0.39, 0.29) is 30.2 Å². The molecule has 5 heteroatoms. The monoisotopic (exact) mass is 275 g/mol. The molecule has 0 aromatic heterocycles. The average Bonchev–Trinajstić information content (AvgIpc) is 2.87. The van der Waals surface area contributed by atoms with Crippen LogP contribution < -0.4 is 16.4 Å². The van der Waals surface area contributed by atoms with Gasteiger partial charge in [-0.1, -0.05) is 24.6 Å². The average molecular weight is 275 g/mol. The number of amides is 2. The number of rotatable bonds is 4. The number of hydrogen-bond donors (Lipinski definition) is 3. The fourth-order valence-electron chi connectivity index (χ4n) is 2.60. The van der Waals surface area contributed by atoms with Gasteiger partial charge in [0.25, 0.3) is 0 Å². The Hall–Kier alpha value is -1.88. The normalized spacial score (nSPS) is 21.5. The number of anilines is 1. The lowest BCUT2D eigenvalue weighted by molar-refractivity contribution is -0.121. The van der Waals surface area contributed by atoms with E-state index in [1.807, 2.05) is 24.3 Å². The van der Waals surface area contributed by atoms with Gasteiger partial charge >= 0.3 is 0 Å². The smallest absolute Gasteiger partial charge is 0.229 e. The van der Waals surface area contributed by atoms with E-state index in [4.69, 9.17) is 5.73 Å². The molecular weight excluding hydrogens is 254 g/mol. The van der Waals surface area contributed by atoms with Crippen LogP contribution in [0.1, 0.15) is 24.8 Å². The van der Waals surface area contributed by atoms with Crippen LogP contribution >= 0.6 is 0 Å². The highest BCUT2D eigenvalue weighted by atomic mass is 16.2. The minimum atomic E-state index is -0.122. The first-order valence-corrected chi connectivity index (χ1v) is 6.96. The molecule has 2 unspecified atom stereocenters. The summed E-state index contributed by atoms with van der Waals surface area (Å²) in [7, 11) is 1.60. The van der Waals surface area contributed by atoms with Gasteiger partial charge in [0.15, 0.2) is 0 Å². The molecule has 0 saturated heterocycles. The first kappa shape index (κ1) is 14.5. The number of hydrogen-bond acceptors (Lipinski definition) is 3. The summed E-state index contributed by atoms with van der Waals surface area (Å²) in [5, 5.41) is 5.50. The molecule has 2 atom stereocenters. The number of nitrogens with two attached hydrogens (primary N) is 1. The summed E-state index contributed by atoms with van der Waals surface area (Å²) >= 11 is 0. The molecular formula is C15H21N3O2. The van der Waals surface area contributed by atoms with Crippen molar-refractivity contribution >= 4 is 17.5 Å². The number of benzene rings is 1. The highest BCUT2D eigenvalue weighted by molar-refractivity contribution is 5.94. The molecule has 0 heterocycles. The number of carbonyl (C=O) groups is 2. The standard InChI is InChI=1S/C15H21N3O2/c1-17-14(19)9-10-5-2-3-8-13(10)18-15(20)11-6-4-7-12(11)16/h2-3,5,8,11-12H,4,6-7,9,16H2,1H3,(H,17,19)(H,18,20). The molecule has 2 amide bonds. The molecule has 5 nitrogen and oxygen atoms in total. The quantitative estimate of drug-likeness (QED) is 0.767. The van der Waals surface area contributed by atoms with E-state index in [9.17, 15) is 9.59 Å². The lowest BCUT2D eigenvalue weighted by atomic mass is 10.0. The molecule has 0 radical (unpaired) electrons. The van der Waals surface area contributed by atoms with Gasteiger partial charge in [-0.25, -0.2) is 0 Å². The maximum Gasteiger partial charge on any atom is 0.229 e. The first-order chi connectivity index (χ1) is 9.61. The first-order valence-electron chi connectivity index (χ1n) is 6.96. The molecule has 0 spiro atoms. The molecule has 20 heavy (non-hydrogen) atoms. The largest absolute Gasteiger partial charge is 0.359 e. The molecule has 0 bridgehead atoms. The lowest BCUT2D eigenvalue weighted by Crippen LogP contribution is -2.34. The maximum absolute atomic E-state index is 12.2. The van der Waals surface area contributed by atoms with E-state index in [0.717, 1.165) is 24.8 Å². The van der Waals surface area contributed by atoms with E-state index in [2.05, 4.69) is 10.6 Å². The fraction of sp³-hybridized carbons (Fsp3) is 0.467. The zero-order valence-electron chi connectivity index (χ0n) is 11.7. The van der Waals surface area contributed by atoms with E-state index in [1.165, 1.54) is 0 Å². The van der Waals surface area contributed by atoms with Crippen molar-refractivity contribution < 1.29 is 9.59 Å². The van der Waals surface area contributed by atoms with Crippen LogP contribution in [0.2, 0.25) is 0 Å². The Kier molecular flexibility index (Phi) is 4.74. The Bertz CT molecular complexity index is 502. The predicted molar refractivity (Wildman–Crippen MR) is 78.2 cm³/mol. The lowest BCUT2D eigenvalue weighted by Gasteiger charge is -2.17. The molecule has 1 fully saturated rings. The van der Waals surface area contributed by atoms with Crippen LogP contribution in [0.15, 0.2) is 24.3 Å². The zero-order chi connectivity index (χ0) is 14.5. The zero-order valence-corrected chi connectivity index (χ0v) is 11.7. The highest BCUT2D eigenvalue weighted by Gasteiger charge is 2.30. The summed E-state index contributed by atoms with van der Waals surface area (Å²) < 4.78 is 0. The molecule has 1 aliphatic rings. The van der Waals surface area contributed by atoms with Crippen molar-refractivity contribution in [1.82, 2.24) is 5.32 Å². The van der Waals surface area contributed by atoms with Gasteiger partial charge in [-0.05, 0) is 24.5 Å². The Morgan fingerprint density at radius 3 is 2.70 bits per heavy atom. The highest BCUT2D eigenvalue weighted by Crippen LogP contribution is 2.26. The van der Waals surface area contributed by atoms with Crippen molar-refractivity contribution in [2.75, 3.05) is 12.4 Å². The topological polar surface area (TPSA) is 84.2 Å². The Balaban J connectivity index is 2.08. The van der Waals surface area contributed by atoms with Gasteiger partial charge < -0.3 is 16.4 Å². The van der Waals surface area contributed by atoms with Gasteiger partial charge in [0.05, 0.1) is 12.3 Å². The van der Waals surface area contributed by atoms with Crippen LogP contribution in [-0.4, -0.2) is 24.9 Å². The third-order valence-electron chi connectivity index (χ3n) is 3.81. The molecule has 2 rings (SSSR count). The predicted octanol–water partition coefficient (Wildman–Crippen LogP) is 1.04. The van der Waals surface area contributed by atoms with Gasteiger partial charge in [0.2, 0.25) is 11.8 Å². The fourth-order valence-corrected chi connectivity index (χ4v) is 2.60. The van der Waals surface area contributed by atoms with Crippen LogP contribution in [0.3, 0.4) is 0 Å². The SMILES string of the molecule is CNC(=O)Cc1ccccc1NC(=O)C1CCCC1N. The van der Waals surface area contributed by atoms with Crippen molar-refractivity contribution in [3.63, 3.8) is 0 Å². The molecule has 1 aromatic rings. The summed E-state index contributed by atoms with van der Waals surface area (Å²) in [6, 6.07) is 7.31. The number of para-hydroxylation sites is 1. The number of likely N-dealkylation sites (N-methyl/N-ethyl adjacent to an activating group) is 1. The molecule has 1 aromatic carbocycles. The van der Waals surface area contributed by atoms with Gasteiger partial charge in [-0.2, -0.15) is 0 Å². The van der Waals surface area contributed by atoms with Crippen LogP contribution in [-0.2, 0) is 16.0 Å². The van der Waals surface area contributed by atoms with Gasteiger partial charge in [-0.3, -0.25) is 9.59 Å². The second kappa shape index (κ2) is 6.52. The van der Waals surface area contributed by atoms with Crippen molar-refractivity contribution in [3.8, 4) is 0 Å². The van der Waals surface area contributed by atoms with Crippen LogP contribution in [0, 0.1) is 5.92 Å². The number of carbonyl (C=O) groups excluding carboxylic acids is 2. The van der Waals surface area contributed by atoms with Crippen molar-refractivity contribution in [3.05, 3.63) is 29.8 Å². The van der Waals surface area contributed by atoms with Gasteiger partial charge in [0, 0.05) is 18.8 Å². The van der Waals surface area contributed by atoms with E-state index in [0.29, 0.717) is 5.69 Å². The summed E-state index contributed by atoms with van der Waals surface area (Å²) in [5.41, 5.74) is 7.46. The van der Waals surface area contributed by atoms with Gasteiger partial charge in [0.1, 0.15) is 0 Å². The van der Waals surface area contributed by atoms with E-state index >= 15 is 0 Å². The van der Waals surface area contributed by atoms with Gasteiger partial charge in [-0.15, -0.1) is 0 Å². The summed E-state index contributed by atoms with van der Waals surface area (Å²) in [6.45, 7) is 0.